The van der Waals surface area contributed by atoms with Gasteiger partial charge in [0.1, 0.15) is 11.8 Å². The molecular weight excluding hydrogens is 528 g/mol. The van der Waals surface area contributed by atoms with Gasteiger partial charge in [0.05, 0.1) is 0 Å². The highest BCUT2D eigenvalue weighted by atomic mass is 79.9. The van der Waals surface area contributed by atoms with E-state index in [0.717, 1.165) is 52.4 Å². The Bertz CT molecular complexity index is 1190. The predicted octanol–water partition coefficient (Wildman–Crippen LogP) is 6.14. The van der Waals surface area contributed by atoms with Crippen LogP contribution >= 0.6 is 15.9 Å². The van der Waals surface area contributed by atoms with E-state index in [9.17, 15) is 9.59 Å². The number of carbonyl (C=O) groups excluding carboxylic acids is 2. The minimum Gasteiger partial charge on any atom is -0.484 e. The highest BCUT2D eigenvalue weighted by Crippen LogP contribution is 2.22. The quantitative estimate of drug-likeness (QED) is 0.322. The smallest absolute Gasteiger partial charge is 0.261 e. The first-order valence-corrected chi connectivity index (χ1v) is 13.8. The van der Waals surface area contributed by atoms with Gasteiger partial charge >= 0.3 is 0 Å². The zero-order valence-electron chi connectivity index (χ0n) is 21.6. The van der Waals surface area contributed by atoms with E-state index < -0.39 is 6.04 Å². The number of ether oxygens (including phenoxy) is 1. The van der Waals surface area contributed by atoms with Crippen LogP contribution in [0, 0.1) is 13.8 Å². The minimum atomic E-state index is -0.655. The van der Waals surface area contributed by atoms with Gasteiger partial charge in [0, 0.05) is 23.5 Å². The number of nitrogens with one attached hydrogen (secondary N) is 1. The molecule has 1 fully saturated rings. The van der Waals surface area contributed by atoms with Crippen LogP contribution in [0.1, 0.15) is 47.9 Å². The van der Waals surface area contributed by atoms with Gasteiger partial charge in [0.25, 0.3) is 5.91 Å². The zero-order valence-corrected chi connectivity index (χ0v) is 23.2. The molecule has 6 heteroatoms. The number of benzene rings is 3. The number of amides is 2. The molecule has 0 aliphatic heterocycles. The maximum Gasteiger partial charge on any atom is 0.261 e. The molecular formula is C31H35BrN2O3. The third kappa shape index (κ3) is 7.93. The fourth-order valence-electron chi connectivity index (χ4n) is 5.00. The van der Waals surface area contributed by atoms with Gasteiger partial charge in [0.15, 0.2) is 6.61 Å². The monoisotopic (exact) mass is 562 g/mol. The van der Waals surface area contributed by atoms with E-state index in [1.807, 2.05) is 80.6 Å². The average Bonchev–Trinajstić information content (AvgIpc) is 3.38. The lowest BCUT2D eigenvalue weighted by Gasteiger charge is -2.32. The molecule has 0 saturated heterocycles. The summed E-state index contributed by atoms with van der Waals surface area (Å²) in [7, 11) is 0. The summed E-state index contributed by atoms with van der Waals surface area (Å²) in [6.45, 7) is 4.18. The molecule has 0 aromatic heterocycles. The van der Waals surface area contributed by atoms with Gasteiger partial charge in [0.2, 0.25) is 5.91 Å². The van der Waals surface area contributed by atoms with E-state index in [1.54, 1.807) is 4.90 Å². The Balaban J connectivity index is 1.62. The van der Waals surface area contributed by atoms with Gasteiger partial charge < -0.3 is 15.0 Å². The number of carbonyl (C=O) groups is 2. The topological polar surface area (TPSA) is 58.6 Å². The van der Waals surface area contributed by atoms with Crippen molar-refractivity contribution in [3.8, 4) is 5.75 Å². The Kier molecular flexibility index (Phi) is 9.40. The van der Waals surface area contributed by atoms with E-state index in [0.29, 0.717) is 18.7 Å². The summed E-state index contributed by atoms with van der Waals surface area (Å²) < 4.78 is 6.88. The van der Waals surface area contributed by atoms with Crippen LogP contribution in [0.2, 0.25) is 0 Å². The van der Waals surface area contributed by atoms with Crippen molar-refractivity contribution < 1.29 is 14.3 Å². The Labute approximate surface area is 228 Å². The first kappa shape index (κ1) is 26.9. The van der Waals surface area contributed by atoms with Crippen molar-refractivity contribution in [2.75, 3.05) is 6.61 Å². The molecule has 1 atom stereocenters. The van der Waals surface area contributed by atoms with Gasteiger partial charge in [-0.15, -0.1) is 0 Å². The first-order valence-electron chi connectivity index (χ1n) is 13.0. The number of rotatable bonds is 10. The average molecular weight is 564 g/mol. The van der Waals surface area contributed by atoms with Crippen LogP contribution in [0.3, 0.4) is 0 Å². The zero-order chi connectivity index (χ0) is 26.2. The third-order valence-electron chi connectivity index (χ3n) is 6.77. The second kappa shape index (κ2) is 12.9. The summed E-state index contributed by atoms with van der Waals surface area (Å²) in [6, 6.07) is 23.2. The number of hydrogen-bond acceptors (Lipinski definition) is 3. The maximum absolute atomic E-state index is 13.8. The van der Waals surface area contributed by atoms with Crippen molar-refractivity contribution >= 4 is 27.7 Å². The van der Waals surface area contributed by atoms with Crippen molar-refractivity contribution in [3.05, 3.63) is 99.5 Å². The largest absolute Gasteiger partial charge is 0.484 e. The molecule has 37 heavy (non-hydrogen) atoms. The number of nitrogens with zero attached hydrogens (tertiary/aromatic N) is 1. The Hall–Kier alpha value is -3.12. The summed E-state index contributed by atoms with van der Waals surface area (Å²) in [5.41, 5.74) is 4.11. The van der Waals surface area contributed by atoms with Crippen molar-refractivity contribution in [1.29, 1.82) is 0 Å². The molecule has 194 valence electrons. The van der Waals surface area contributed by atoms with Crippen molar-refractivity contribution in [3.63, 3.8) is 0 Å². The Morgan fingerprint density at radius 3 is 2.30 bits per heavy atom. The molecule has 0 bridgehead atoms. The molecule has 3 aromatic carbocycles. The number of hydrogen-bond donors (Lipinski definition) is 1. The van der Waals surface area contributed by atoms with Crippen molar-refractivity contribution in [1.82, 2.24) is 10.2 Å². The van der Waals surface area contributed by atoms with Gasteiger partial charge in [-0.3, -0.25) is 9.59 Å². The highest BCUT2D eigenvalue weighted by molar-refractivity contribution is 9.10. The number of halogens is 1. The molecule has 1 aliphatic rings. The highest BCUT2D eigenvalue weighted by Gasteiger charge is 2.32. The molecule has 5 nitrogen and oxygen atoms in total. The van der Waals surface area contributed by atoms with Crippen molar-refractivity contribution in [2.45, 2.75) is 64.6 Å². The molecule has 2 amide bonds. The van der Waals surface area contributed by atoms with Crippen LogP contribution in [0.5, 0.6) is 5.75 Å². The Morgan fingerprint density at radius 2 is 1.62 bits per heavy atom. The fourth-order valence-corrected chi connectivity index (χ4v) is 5.44. The normalized spacial score (nSPS) is 14.2. The first-order chi connectivity index (χ1) is 17.9. The lowest BCUT2D eigenvalue weighted by molar-refractivity contribution is -0.143. The summed E-state index contributed by atoms with van der Waals surface area (Å²) in [5.74, 6) is 0.329. The molecule has 1 saturated carbocycles. The summed E-state index contributed by atoms with van der Waals surface area (Å²) in [4.78, 5) is 29.2. The van der Waals surface area contributed by atoms with Gasteiger partial charge in [-0.25, -0.2) is 0 Å². The Morgan fingerprint density at radius 1 is 0.946 bits per heavy atom. The second-order valence-electron chi connectivity index (χ2n) is 9.96. The van der Waals surface area contributed by atoms with Crippen molar-refractivity contribution in [2.24, 2.45) is 0 Å². The molecule has 0 radical (unpaired) electrons. The number of aryl methyl sites for hydroxylation is 2. The summed E-state index contributed by atoms with van der Waals surface area (Å²) >= 11 is 3.53. The maximum atomic E-state index is 13.8. The third-order valence-corrected chi connectivity index (χ3v) is 7.27. The molecule has 0 spiro atoms. The lowest BCUT2D eigenvalue weighted by Crippen LogP contribution is -2.53. The standard InChI is InChI=1S/C31H35BrN2O3/c1-22-15-23(2)17-28(16-22)37-21-30(35)34(20-25-11-8-12-26(32)18-25)29(19-24-9-4-3-5-10-24)31(36)33-27-13-6-7-14-27/h3-5,8-12,15-18,27,29H,6-7,13-14,19-21H2,1-2H3,(H,33,36)/t29-/m1/s1. The van der Waals surface area contributed by atoms with Crippen LogP contribution in [0.15, 0.2) is 77.3 Å². The summed E-state index contributed by atoms with van der Waals surface area (Å²) in [5, 5.41) is 3.24. The van der Waals surface area contributed by atoms with E-state index in [1.165, 1.54) is 0 Å². The molecule has 3 aromatic rings. The molecule has 0 heterocycles. The minimum absolute atomic E-state index is 0.106. The van der Waals surface area contributed by atoms with Crippen LogP contribution in [-0.4, -0.2) is 35.4 Å². The SMILES string of the molecule is Cc1cc(C)cc(OCC(=O)N(Cc2cccc(Br)c2)[C@H](Cc2ccccc2)C(=O)NC2CCCC2)c1. The van der Waals surface area contributed by atoms with Crippen LogP contribution < -0.4 is 10.1 Å². The predicted molar refractivity (Wildman–Crippen MR) is 150 cm³/mol. The molecule has 1 N–H and O–H groups in total. The van der Waals surface area contributed by atoms with Gasteiger partial charge in [-0.1, -0.05) is 77.3 Å². The summed E-state index contributed by atoms with van der Waals surface area (Å²) in [6.07, 6.45) is 4.65. The van der Waals surface area contributed by atoms with E-state index >= 15 is 0 Å². The van der Waals surface area contributed by atoms with Gasteiger partial charge in [-0.2, -0.15) is 0 Å². The molecule has 1 aliphatic carbocycles. The molecule has 0 unspecified atom stereocenters. The lowest BCUT2D eigenvalue weighted by atomic mass is 10.0. The van der Waals surface area contributed by atoms with Crippen LogP contribution in [0.25, 0.3) is 0 Å². The fraction of sp³-hybridized carbons (Fsp3) is 0.355. The van der Waals surface area contributed by atoms with Crippen LogP contribution in [0.4, 0.5) is 0 Å². The van der Waals surface area contributed by atoms with E-state index in [2.05, 4.69) is 27.3 Å². The van der Waals surface area contributed by atoms with E-state index in [-0.39, 0.29) is 24.5 Å². The van der Waals surface area contributed by atoms with Crippen LogP contribution in [-0.2, 0) is 22.6 Å². The van der Waals surface area contributed by atoms with Gasteiger partial charge in [-0.05, 0) is 73.2 Å². The van der Waals surface area contributed by atoms with E-state index in [4.69, 9.17) is 4.74 Å². The second-order valence-corrected chi connectivity index (χ2v) is 10.9. The molecule has 4 rings (SSSR count).